The van der Waals surface area contributed by atoms with Gasteiger partial charge in [0.25, 0.3) is 5.56 Å². The van der Waals surface area contributed by atoms with Crippen LogP contribution in [0.15, 0.2) is 11.1 Å². The highest BCUT2D eigenvalue weighted by atomic mass is 32.1. The highest BCUT2D eigenvalue weighted by Crippen LogP contribution is 2.29. The predicted octanol–water partition coefficient (Wildman–Crippen LogP) is 2.32. The van der Waals surface area contributed by atoms with Crippen molar-refractivity contribution in [2.45, 2.75) is 58.5 Å². The Bertz CT molecular complexity index is 1080. The number of rotatable bonds is 3. The minimum atomic E-state index is 0.0779. The highest BCUT2D eigenvalue weighted by molar-refractivity contribution is 7.18. The van der Waals surface area contributed by atoms with Crippen LogP contribution < -0.4 is 10.9 Å². The van der Waals surface area contributed by atoms with Crippen LogP contribution in [0.3, 0.4) is 0 Å². The number of aromatic nitrogens is 4. The Hall–Kier alpha value is -2.12. The molecule has 0 spiro atoms. The average Bonchev–Trinajstić information content (AvgIpc) is 3.07. The number of hydrogen-bond donors (Lipinski definition) is 1. The number of hydrogen-bond acceptors (Lipinski definition) is 6. The van der Waals surface area contributed by atoms with Gasteiger partial charge in [-0.05, 0) is 56.7 Å². The van der Waals surface area contributed by atoms with Gasteiger partial charge in [0.2, 0.25) is 0 Å². The first kappa shape index (κ1) is 17.0. The van der Waals surface area contributed by atoms with Gasteiger partial charge in [0.15, 0.2) is 0 Å². The van der Waals surface area contributed by atoms with Crippen molar-refractivity contribution in [2.75, 3.05) is 6.54 Å². The van der Waals surface area contributed by atoms with Gasteiger partial charge in [0, 0.05) is 35.8 Å². The van der Waals surface area contributed by atoms with Gasteiger partial charge in [-0.15, -0.1) is 11.3 Å². The Morgan fingerprint density at radius 2 is 2.07 bits per heavy atom. The van der Waals surface area contributed by atoms with Gasteiger partial charge in [0.05, 0.1) is 11.7 Å². The fourth-order valence-electron chi connectivity index (χ4n) is 4.29. The van der Waals surface area contributed by atoms with Crippen molar-refractivity contribution >= 4 is 21.6 Å². The van der Waals surface area contributed by atoms with Crippen LogP contribution in [0.2, 0.25) is 0 Å². The van der Waals surface area contributed by atoms with E-state index in [2.05, 4.69) is 17.2 Å². The smallest absolute Gasteiger partial charge is 0.262 e. The van der Waals surface area contributed by atoms with Gasteiger partial charge >= 0.3 is 0 Å². The quantitative estimate of drug-likeness (QED) is 0.754. The Morgan fingerprint density at radius 1 is 1.19 bits per heavy atom. The first-order valence-electron chi connectivity index (χ1n) is 9.76. The fourth-order valence-corrected chi connectivity index (χ4v) is 5.43. The molecule has 0 radical (unpaired) electrons. The van der Waals surface area contributed by atoms with E-state index in [4.69, 9.17) is 9.97 Å². The van der Waals surface area contributed by atoms with Crippen LogP contribution >= 0.6 is 11.3 Å². The average molecular weight is 382 g/mol. The summed E-state index contributed by atoms with van der Waals surface area (Å²) >= 11 is 1.64. The SMILES string of the molecule is Cc1nc(CCn2cnc3sc4c(c3c2=O)CCNC4)nc2c1CCCC2. The van der Waals surface area contributed by atoms with Crippen molar-refractivity contribution in [2.24, 2.45) is 0 Å². The van der Waals surface area contributed by atoms with Crippen LogP contribution in [0, 0.1) is 6.92 Å². The van der Waals surface area contributed by atoms with E-state index in [-0.39, 0.29) is 5.56 Å². The summed E-state index contributed by atoms with van der Waals surface area (Å²) in [5.74, 6) is 0.844. The standard InChI is InChI=1S/C20H23N5OS/c1-12-13-4-2-3-5-15(13)24-17(23-12)7-9-25-11-22-19-18(20(25)26)14-6-8-21-10-16(14)27-19/h11,21H,2-10H2,1H3. The monoisotopic (exact) mass is 381 g/mol. The van der Waals surface area contributed by atoms with Crippen LogP contribution in [0.4, 0.5) is 0 Å². The molecule has 6 nitrogen and oxygen atoms in total. The first-order valence-corrected chi connectivity index (χ1v) is 10.6. The van der Waals surface area contributed by atoms with E-state index in [0.29, 0.717) is 13.0 Å². The lowest BCUT2D eigenvalue weighted by Crippen LogP contribution is -2.25. The van der Waals surface area contributed by atoms with Crippen molar-refractivity contribution < 1.29 is 0 Å². The van der Waals surface area contributed by atoms with Crippen molar-refractivity contribution in [3.63, 3.8) is 0 Å². The van der Waals surface area contributed by atoms with Crippen LogP contribution in [-0.4, -0.2) is 26.1 Å². The topological polar surface area (TPSA) is 72.7 Å². The van der Waals surface area contributed by atoms with Crippen molar-refractivity contribution in [3.05, 3.63) is 49.9 Å². The Morgan fingerprint density at radius 3 is 3.00 bits per heavy atom. The molecule has 1 aliphatic heterocycles. The molecule has 0 bridgehead atoms. The third kappa shape index (κ3) is 2.99. The van der Waals surface area contributed by atoms with Crippen LogP contribution in [0.5, 0.6) is 0 Å². The summed E-state index contributed by atoms with van der Waals surface area (Å²) in [6, 6.07) is 0. The normalized spacial score (nSPS) is 16.3. The van der Waals surface area contributed by atoms with Gasteiger partial charge in [-0.25, -0.2) is 15.0 Å². The molecule has 1 N–H and O–H groups in total. The zero-order valence-electron chi connectivity index (χ0n) is 15.5. The highest BCUT2D eigenvalue weighted by Gasteiger charge is 2.20. The van der Waals surface area contributed by atoms with Gasteiger partial charge in [0.1, 0.15) is 10.7 Å². The molecule has 0 fully saturated rings. The van der Waals surface area contributed by atoms with Gasteiger partial charge in [-0.1, -0.05) is 0 Å². The molecule has 7 heteroatoms. The largest absolute Gasteiger partial charge is 0.312 e. The van der Waals surface area contributed by atoms with Crippen LogP contribution in [-0.2, 0) is 38.8 Å². The number of aryl methyl sites for hydroxylation is 4. The second kappa shape index (κ2) is 6.80. The molecule has 3 aromatic rings. The summed E-state index contributed by atoms with van der Waals surface area (Å²) in [4.78, 5) is 29.2. The summed E-state index contributed by atoms with van der Waals surface area (Å²) in [7, 11) is 0. The molecule has 0 atom stereocenters. The molecule has 27 heavy (non-hydrogen) atoms. The van der Waals surface area contributed by atoms with Gasteiger partial charge in [-0.3, -0.25) is 9.36 Å². The van der Waals surface area contributed by atoms with Crippen molar-refractivity contribution in [3.8, 4) is 0 Å². The molecule has 5 rings (SSSR count). The summed E-state index contributed by atoms with van der Waals surface area (Å²) < 4.78 is 1.73. The molecule has 4 heterocycles. The maximum Gasteiger partial charge on any atom is 0.262 e. The van der Waals surface area contributed by atoms with Gasteiger partial charge < -0.3 is 5.32 Å². The van der Waals surface area contributed by atoms with E-state index in [1.807, 2.05) is 0 Å². The van der Waals surface area contributed by atoms with Crippen LogP contribution in [0.1, 0.15) is 46.1 Å². The van der Waals surface area contributed by atoms with Crippen LogP contribution in [0.25, 0.3) is 10.2 Å². The zero-order chi connectivity index (χ0) is 18.4. The fraction of sp³-hybridized carbons (Fsp3) is 0.500. The van der Waals surface area contributed by atoms with Crippen molar-refractivity contribution in [1.29, 1.82) is 0 Å². The molecule has 0 saturated carbocycles. The summed E-state index contributed by atoms with van der Waals surface area (Å²) in [6.07, 6.45) is 7.84. The van der Waals surface area contributed by atoms with E-state index < -0.39 is 0 Å². The second-order valence-electron chi connectivity index (χ2n) is 7.46. The molecule has 0 aromatic carbocycles. The molecule has 0 saturated heterocycles. The maximum atomic E-state index is 13.1. The molecule has 0 unspecified atom stereocenters. The summed E-state index contributed by atoms with van der Waals surface area (Å²) in [6.45, 7) is 4.43. The lowest BCUT2D eigenvalue weighted by atomic mass is 9.95. The minimum absolute atomic E-state index is 0.0779. The number of thiophene rings is 1. The molecular weight excluding hydrogens is 358 g/mol. The Labute approximate surface area is 161 Å². The zero-order valence-corrected chi connectivity index (χ0v) is 16.4. The third-order valence-electron chi connectivity index (χ3n) is 5.71. The van der Waals surface area contributed by atoms with Gasteiger partial charge in [-0.2, -0.15) is 0 Å². The van der Waals surface area contributed by atoms with Crippen molar-refractivity contribution in [1.82, 2.24) is 24.8 Å². The van der Waals surface area contributed by atoms with E-state index in [1.54, 1.807) is 22.2 Å². The Balaban J connectivity index is 1.45. The molecular formula is C20H23N5OS. The molecule has 2 aliphatic rings. The molecule has 0 amide bonds. The molecule has 3 aromatic heterocycles. The first-order chi connectivity index (χ1) is 13.2. The van der Waals surface area contributed by atoms with E-state index >= 15 is 0 Å². The second-order valence-corrected chi connectivity index (χ2v) is 8.55. The van der Waals surface area contributed by atoms with E-state index in [0.717, 1.165) is 54.1 Å². The predicted molar refractivity (Wildman–Crippen MR) is 106 cm³/mol. The van der Waals surface area contributed by atoms with E-state index in [1.165, 1.54) is 34.5 Å². The summed E-state index contributed by atoms with van der Waals surface area (Å²) in [5, 5.41) is 4.19. The number of nitrogens with one attached hydrogen (secondary N) is 1. The third-order valence-corrected chi connectivity index (χ3v) is 6.85. The number of nitrogens with zero attached hydrogens (tertiary/aromatic N) is 4. The molecule has 140 valence electrons. The molecule has 1 aliphatic carbocycles. The Kier molecular flexibility index (Phi) is 4.28. The lowest BCUT2D eigenvalue weighted by Gasteiger charge is -2.17. The lowest BCUT2D eigenvalue weighted by molar-refractivity contribution is 0.614. The maximum absolute atomic E-state index is 13.1. The van der Waals surface area contributed by atoms with E-state index in [9.17, 15) is 4.79 Å². The summed E-state index contributed by atoms with van der Waals surface area (Å²) in [5.41, 5.74) is 4.93. The minimum Gasteiger partial charge on any atom is -0.312 e. The number of fused-ring (bicyclic) bond motifs is 4.